The predicted octanol–water partition coefficient (Wildman–Crippen LogP) is 3.40. The number of carbonyl (C=O) groups excluding carboxylic acids is 2. The van der Waals surface area contributed by atoms with Gasteiger partial charge >= 0.3 is 0 Å². The van der Waals surface area contributed by atoms with Crippen molar-refractivity contribution in [1.29, 1.82) is 0 Å². The molecule has 1 aromatic carbocycles. The first-order valence-electron chi connectivity index (χ1n) is 8.90. The van der Waals surface area contributed by atoms with E-state index in [9.17, 15) is 9.59 Å². The molecule has 0 saturated carbocycles. The van der Waals surface area contributed by atoms with Crippen LogP contribution in [0.15, 0.2) is 30.5 Å². The number of benzene rings is 1. The molecule has 0 radical (unpaired) electrons. The average molecular weight is 387 g/mol. The van der Waals surface area contributed by atoms with E-state index in [0.29, 0.717) is 36.9 Å². The van der Waals surface area contributed by atoms with Crippen molar-refractivity contribution in [2.45, 2.75) is 20.8 Å². The number of halogens is 1. The number of rotatable bonds is 3. The highest BCUT2D eigenvalue weighted by atomic mass is 35.5. The summed E-state index contributed by atoms with van der Waals surface area (Å²) in [7, 11) is 0. The van der Waals surface area contributed by atoms with Crippen molar-refractivity contribution in [3.63, 3.8) is 0 Å². The van der Waals surface area contributed by atoms with Gasteiger partial charge in [0, 0.05) is 45.0 Å². The molecule has 6 nitrogen and oxygen atoms in total. The molecule has 1 fully saturated rings. The molecule has 0 atom stereocenters. The van der Waals surface area contributed by atoms with Crippen molar-refractivity contribution in [2.24, 2.45) is 0 Å². The standard InChI is InChI=1S/C20H23ClN4O2/c1-13-10-14(2)19(17(21)11-13)23-16-4-5-22-18(12-16)20(27)25-8-6-24(7-9-25)15(3)26/h4-5,10-12H,6-9H2,1-3H3,(H,22,23). The van der Waals surface area contributed by atoms with Crippen molar-refractivity contribution >= 4 is 34.8 Å². The van der Waals surface area contributed by atoms with Crippen LogP contribution in [0.1, 0.15) is 28.5 Å². The summed E-state index contributed by atoms with van der Waals surface area (Å²) in [6.07, 6.45) is 1.61. The Hall–Kier alpha value is -2.60. The van der Waals surface area contributed by atoms with Gasteiger partial charge in [-0.1, -0.05) is 17.7 Å². The van der Waals surface area contributed by atoms with Crippen molar-refractivity contribution in [2.75, 3.05) is 31.5 Å². The fraction of sp³-hybridized carbons (Fsp3) is 0.350. The number of amides is 2. The molecule has 142 valence electrons. The third kappa shape index (κ3) is 4.39. The largest absolute Gasteiger partial charge is 0.354 e. The summed E-state index contributed by atoms with van der Waals surface area (Å²) in [6.45, 7) is 7.67. The number of aromatic nitrogens is 1. The number of piperazine rings is 1. The molecular formula is C20H23ClN4O2. The van der Waals surface area contributed by atoms with Crippen LogP contribution in [0.5, 0.6) is 0 Å². The molecule has 27 heavy (non-hydrogen) atoms. The molecule has 3 rings (SSSR count). The van der Waals surface area contributed by atoms with Gasteiger partial charge in [0.05, 0.1) is 10.7 Å². The summed E-state index contributed by atoms with van der Waals surface area (Å²) in [6, 6.07) is 7.49. The van der Waals surface area contributed by atoms with Gasteiger partial charge in [-0.15, -0.1) is 0 Å². The number of hydrogen-bond acceptors (Lipinski definition) is 4. The van der Waals surface area contributed by atoms with Gasteiger partial charge in [-0.3, -0.25) is 14.6 Å². The van der Waals surface area contributed by atoms with Gasteiger partial charge < -0.3 is 15.1 Å². The maximum atomic E-state index is 12.8. The van der Waals surface area contributed by atoms with E-state index in [1.54, 1.807) is 35.1 Å². The minimum absolute atomic E-state index is 0.0387. The predicted molar refractivity (Wildman–Crippen MR) is 107 cm³/mol. The first-order valence-corrected chi connectivity index (χ1v) is 9.27. The van der Waals surface area contributed by atoms with Crippen LogP contribution in [0.25, 0.3) is 0 Å². The molecule has 1 aliphatic heterocycles. The van der Waals surface area contributed by atoms with E-state index in [0.717, 1.165) is 22.5 Å². The topological polar surface area (TPSA) is 65.5 Å². The summed E-state index contributed by atoms with van der Waals surface area (Å²) in [5.74, 6) is -0.0923. The van der Waals surface area contributed by atoms with Crippen LogP contribution < -0.4 is 5.32 Å². The lowest BCUT2D eigenvalue weighted by atomic mass is 10.1. The minimum Gasteiger partial charge on any atom is -0.354 e. The van der Waals surface area contributed by atoms with Crippen molar-refractivity contribution < 1.29 is 9.59 Å². The quantitative estimate of drug-likeness (QED) is 0.878. The molecule has 1 saturated heterocycles. The molecule has 7 heteroatoms. The number of nitrogens with zero attached hydrogens (tertiary/aromatic N) is 3. The maximum Gasteiger partial charge on any atom is 0.272 e. The average Bonchev–Trinajstić information content (AvgIpc) is 2.64. The molecule has 0 spiro atoms. The Kier molecular flexibility index (Phi) is 5.65. The fourth-order valence-corrected chi connectivity index (χ4v) is 3.60. The Morgan fingerprint density at radius 3 is 2.37 bits per heavy atom. The SMILES string of the molecule is CC(=O)N1CCN(C(=O)c2cc(Nc3c(C)cc(C)cc3Cl)ccn2)CC1. The Labute approximate surface area is 164 Å². The van der Waals surface area contributed by atoms with Crippen LogP contribution in [-0.2, 0) is 4.79 Å². The van der Waals surface area contributed by atoms with Crippen molar-refractivity contribution in [1.82, 2.24) is 14.8 Å². The van der Waals surface area contributed by atoms with Gasteiger partial charge in [0.2, 0.25) is 5.91 Å². The molecule has 0 bridgehead atoms. The van der Waals surface area contributed by atoms with Crippen LogP contribution in [0.3, 0.4) is 0 Å². The summed E-state index contributed by atoms with van der Waals surface area (Å²) < 4.78 is 0. The smallest absolute Gasteiger partial charge is 0.272 e. The van der Waals surface area contributed by atoms with Gasteiger partial charge in [0.25, 0.3) is 5.91 Å². The summed E-state index contributed by atoms with van der Waals surface area (Å²) in [5.41, 5.74) is 4.08. The normalized spacial score (nSPS) is 14.2. The first-order chi connectivity index (χ1) is 12.8. The molecule has 2 heterocycles. The molecule has 0 aliphatic carbocycles. The third-order valence-electron chi connectivity index (χ3n) is 4.69. The van der Waals surface area contributed by atoms with Crippen LogP contribution in [0, 0.1) is 13.8 Å². The zero-order valence-electron chi connectivity index (χ0n) is 15.8. The second-order valence-corrected chi connectivity index (χ2v) is 7.20. The van der Waals surface area contributed by atoms with E-state index in [1.807, 2.05) is 19.9 Å². The van der Waals surface area contributed by atoms with Crippen LogP contribution in [0.2, 0.25) is 5.02 Å². The molecular weight excluding hydrogens is 364 g/mol. The number of pyridine rings is 1. The highest BCUT2D eigenvalue weighted by molar-refractivity contribution is 6.33. The molecule has 1 aliphatic rings. The number of anilines is 2. The van der Waals surface area contributed by atoms with Gasteiger partial charge in [-0.2, -0.15) is 0 Å². The molecule has 2 aromatic rings. The van der Waals surface area contributed by atoms with E-state index >= 15 is 0 Å². The lowest BCUT2D eigenvalue weighted by molar-refractivity contribution is -0.130. The van der Waals surface area contributed by atoms with Gasteiger partial charge in [-0.25, -0.2) is 0 Å². The van der Waals surface area contributed by atoms with E-state index in [2.05, 4.69) is 16.4 Å². The molecule has 2 amide bonds. The highest BCUT2D eigenvalue weighted by Crippen LogP contribution is 2.30. The summed E-state index contributed by atoms with van der Waals surface area (Å²) in [5, 5.41) is 3.93. The molecule has 1 aromatic heterocycles. The Bertz CT molecular complexity index is 853. The number of nitrogens with one attached hydrogen (secondary N) is 1. The monoisotopic (exact) mass is 386 g/mol. The van der Waals surface area contributed by atoms with E-state index < -0.39 is 0 Å². The third-order valence-corrected chi connectivity index (χ3v) is 4.99. The number of hydrogen-bond donors (Lipinski definition) is 1. The molecule has 1 N–H and O–H groups in total. The van der Waals surface area contributed by atoms with Crippen LogP contribution in [-0.4, -0.2) is 52.8 Å². The summed E-state index contributed by atoms with van der Waals surface area (Å²) in [4.78, 5) is 31.9. The Morgan fingerprint density at radius 2 is 1.74 bits per heavy atom. The van der Waals surface area contributed by atoms with Crippen molar-refractivity contribution in [3.8, 4) is 0 Å². The zero-order chi connectivity index (χ0) is 19.6. The second-order valence-electron chi connectivity index (χ2n) is 6.79. The van der Waals surface area contributed by atoms with Crippen molar-refractivity contribution in [3.05, 3.63) is 52.3 Å². The lowest BCUT2D eigenvalue weighted by Crippen LogP contribution is -2.50. The second kappa shape index (κ2) is 7.96. The molecule has 0 unspecified atom stereocenters. The van der Waals surface area contributed by atoms with Gasteiger partial charge in [0.1, 0.15) is 5.69 Å². The fourth-order valence-electron chi connectivity index (χ4n) is 3.23. The number of carbonyl (C=O) groups is 2. The Balaban J connectivity index is 1.74. The number of aryl methyl sites for hydroxylation is 2. The Morgan fingerprint density at radius 1 is 1.07 bits per heavy atom. The highest BCUT2D eigenvalue weighted by Gasteiger charge is 2.24. The lowest BCUT2D eigenvalue weighted by Gasteiger charge is -2.34. The van der Waals surface area contributed by atoms with Crippen LogP contribution in [0.4, 0.5) is 11.4 Å². The van der Waals surface area contributed by atoms with Crippen LogP contribution >= 0.6 is 11.6 Å². The summed E-state index contributed by atoms with van der Waals surface area (Å²) >= 11 is 6.36. The van der Waals surface area contributed by atoms with E-state index in [1.165, 1.54) is 0 Å². The maximum absolute atomic E-state index is 12.8. The van der Waals surface area contributed by atoms with Gasteiger partial charge in [0.15, 0.2) is 0 Å². The van der Waals surface area contributed by atoms with E-state index in [4.69, 9.17) is 11.6 Å². The zero-order valence-corrected chi connectivity index (χ0v) is 16.5. The first kappa shape index (κ1) is 19.2. The minimum atomic E-state index is -0.131. The van der Waals surface area contributed by atoms with E-state index in [-0.39, 0.29) is 11.8 Å². The van der Waals surface area contributed by atoms with Gasteiger partial charge in [-0.05, 0) is 43.2 Å².